The molecular formula is C18H31N3O4S. The maximum atomic E-state index is 11.7. The third-order valence-corrected chi connectivity index (χ3v) is 5.22. The molecule has 0 unspecified atom stereocenters. The number of unbranched alkanes of at least 4 members (excludes halogenated alkanes) is 1. The summed E-state index contributed by atoms with van der Waals surface area (Å²) >= 11 is 1.87. The van der Waals surface area contributed by atoms with Gasteiger partial charge in [-0.2, -0.15) is 11.8 Å². The van der Waals surface area contributed by atoms with Crippen molar-refractivity contribution < 1.29 is 19.1 Å². The van der Waals surface area contributed by atoms with Gasteiger partial charge in [0.15, 0.2) is 0 Å². The Hall–Kier alpha value is -1.43. The minimum Gasteiger partial charge on any atom is -0.377 e. The summed E-state index contributed by atoms with van der Waals surface area (Å²) in [5.74, 6) is 3.38. The predicted octanol–water partition coefficient (Wildman–Crippen LogP) is 1.13. The molecule has 1 aliphatic rings. The Balaban J connectivity index is 1.86. The lowest BCUT2D eigenvalue weighted by molar-refractivity contribution is -0.121. The van der Waals surface area contributed by atoms with Gasteiger partial charge in [0.05, 0.1) is 25.9 Å². The average Bonchev–Trinajstić information content (AvgIpc) is 3.04. The standard InChI is InChI=1S/C18H31N3O4S/c1-3-9-24-11-12-25-10-8-19-17(22)7-5-4-6-15(2)26-14-16-13-20-18(23)21-16/h1,15-16H,4-14H2,2H3,(H,19,22)(H2,20,21,23)/t15-,16-/m0/s1. The Morgan fingerprint density at radius 2 is 2.19 bits per heavy atom. The first-order valence-electron chi connectivity index (χ1n) is 9.13. The van der Waals surface area contributed by atoms with Crippen LogP contribution in [0.2, 0.25) is 0 Å². The molecule has 1 saturated heterocycles. The molecule has 0 bridgehead atoms. The summed E-state index contributed by atoms with van der Waals surface area (Å²) in [7, 11) is 0. The Kier molecular flexibility index (Phi) is 12.8. The lowest BCUT2D eigenvalue weighted by Crippen LogP contribution is -2.29. The van der Waals surface area contributed by atoms with E-state index in [0.29, 0.717) is 51.2 Å². The molecule has 0 saturated carbocycles. The van der Waals surface area contributed by atoms with Crippen LogP contribution in [0.1, 0.15) is 32.6 Å². The van der Waals surface area contributed by atoms with E-state index in [1.165, 1.54) is 0 Å². The van der Waals surface area contributed by atoms with Gasteiger partial charge in [-0.15, -0.1) is 6.42 Å². The molecule has 0 aromatic carbocycles. The zero-order valence-electron chi connectivity index (χ0n) is 15.6. The Bertz CT molecular complexity index is 456. The number of nitrogens with one attached hydrogen (secondary N) is 3. The first-order chi connectivity index (χ1) is 12.6. The number of carbonyl (C=O) groups is 2. The summed E-state index contributed by atoms with van der Waals surface area (Å²) in [6, 6.07) is 0.156. The lowest BCUT2D eigenvalue weighted by atomic mass is 10.1. The molecule has 8 heteroatoms. The van der Waals surface area contributed by atoms with Gasteiger partial charge in [-0.05, 0) is 12.8 Å². The van der Waals surface area contributed by atoms with E-state index in [-0.39, 0.29) is 18.0 Å². The topological polar surface area (TPSA) is 88.7 Å². The molecule has 2 atom stereocenters. The summed E-state index contributed by atoms with van der Waals surface area (Å²) in [5, 5.41) is 9.03. The van der Waals surface area contributed by atoms with E-state index < -0.39 is 0 Å². The molecule has 0 aromatic rings. The number of terminal acetylenes is 1. The monoisotopic (exact) mass is 385 g/mol. The molecule has 3 amide bonds. The van der Waals surface area contributed by atoms with Crippen LogP contribution < -0.4 is 16.0 Å². The van der Waals surface area contributed by atoms with Crippen LogP contribution in [0.5, 0.6) is 0 Å². The third kappa shape index (κ3) is 12.0. The van der Waals surface area contributed by atoms with Crippen LogP contribution >= 0.6 is 11.8 Å². The van der Waals surface area contributed by atoms with Gasteiger partial charge in [0.1, 0.15) is 6.61 Å². The molecule has 3 N–H and O–H groups in total. The van der Waals surface area contributed by atoms with Gasteiger partial charge < -0.3 is 25.4 Å². The summed E-state index contributed by atoms with van der Waals surface area (Å²) in [4.78, 5) is 22.8. The van der Waals surface area contributed by atoms with Crippen LogP contribution in [0.3, 0.4) is 0 Å². The predicted molar refractivity (Wildman–Crippen MR) is 104 cm³/mol. The summed E-state index contributed by atoms with van der Waals surface area (Å²) in [6.07, 6.45) is 8.59. The average molecular weight is 386 g/mol. The van der Waals surface area contributed by atoms with Crippen molar-refractivity contribution in [1.82, 2.24) is 16.0 Å². The van der Waals surface area contributed by atoms with Crippen LogP contribution in [0.15, 0.2) is 0 Å². The van der Waals surface area contributed by atoms with Crippen LogP contribution in [0, 0.1) is 12.3 Å². The highest BCUT2D eigenvalue weighted by atomic mass is 32.2. The number of rotatable bonds is 15. The van der Waals surface area contributed by atoms with Crippen LogP contribution in [-0.4, -0.2) is 68.5 Å². The van der Waals surface area contributed by atoms with E-state index in [2.05, 4.69) is 28.8 Å². The van der Waals surface area contributed by atoms with E-state index in [4.69, 9.17) is 15.9 Å². The summed E-state index contributed by atoms with van der Waals surface area (Å²) in [6.45, 7) is 5.14. The van der Waals surface area contributed by atoms with Crippen molar-refractivity contribution in [3.8, 4) is 12.3 Å². The third-order valence-electron chi connectivity index (χ3n) is 3.82. The van der Waals surface area contributed by atoms with Crippen molar-refractivity contribution in [3.63, 3.8) is 0 Å². The minimum atomic E-state index is -0.0723. The van der Waals surface area contributed by atoms with Crippen LogP contribution in [0.25, 0.3) is 0 Å². The van der Waals surface area contributed by atoms with E-state index in [1.54, 1.807) is 0 Å². The maximum Gasteiger partial charge on any atom is 0.315 e. The van der Waals surface area contributed by atoms with E-state index in [9.17, 15) is 9.59 Å². The fraction of sp³-hybridized carbons (Fsp3) is 0.778. The number of amides is 3. The van der Waals surface area contributed by atoms with E-state index in [1.807, 2.05) is 11.8 Å². The van der Waals surface area contributed by atoms with Crippen LogP contribution in [0.4, 0.5) is 4.79 Å². The highest BCUT2D eigenvalue weighted by molar-refractivity contribution is 7.99. The van der Waals surface area contributed by atoms with Crippen molar-refractivity contribution in [2.24, 2.45) is 0 Å². The fourth-order valence-corrected chi connectivity index (χ4v) is 3.48. The van der Waals surface area contributed by atoms with Gasteiger partial charge in [0.2, 0.25) is 5.91 Å². The number of urea groups is 1. The number of hydrogen-bond acceptors (Lipinski definition) is 5. The van der Waals surface area contributed by atoms with E-state index in [0.717, 1.165) is 25.0 Å². The van der Waals surface area contributed by atoms with Crippen molar-refractivity contribution in [3.05, 3.63) is 0 Å². The molecule has 7 nitrogen and oxygen atoms in total. The molecule has 0 aliphatic carbocycles. The Morgan fingerprint density at radius 1 is 1.38 bits per heavy atom. The normalized spacial score (nSPS) is 17.2. The van der Waals surface area contributed by atoms with Crippen molar-refractivity contribution >= 4 is 23.7 Å². The zero-order chi connectivity index (χ0) is 19.0. The number of hydrogen-bond donors (Lipinski definition) is 3. The maximum absolute atomic E-state index is 11.7. The molecule has 0 spiro atoms. The Labute approximate surface area is 160 Å². The molecule has 1 rings (SSSR count). The smallest absolute Gasteiger partial charge is 0.315 e. The second kappa shape index (κ2) is 14.7. The molecule has 0 radical (unpaired) electrons. The highest BCUT2D eigenvalue weighted by Gasteiger charge is 2.20. The van der Waals surface area contributed by atoms with Gasteiger partial charge in [0, 0.05) is 30.5 Å². The summed E-state index contributed by atoms with van der Waals surface area (Å²) in [5.41, 5.74) is 0. The largest absolute Gasteiger partial charge is 0.377 e. The fourth-order valence-electron chi connectivity index (χ4n) is 2.39. The zero-order valence-corrected chi connectivity index (χ0v) is 16.4. The minimum absolute atomic E-state index is 0.0669. The van der Waals surface area contributed by atoms with Crippen molar-refractivity contribution in [2.75, 3.05) is 45.3 Å². The van der Waals surface area contributed by atoms with Gasteiger partial charge in [-0.1, -0.05) is 19.3 Å². The van der Waals surface area contributed by atoms with Gasteiger partial charge in [-0.3, -0.25) is 4.79 Å². The second-order valence-electron chi connectivity index (χ2n) is 6.16. The first-order valence-corrected chi connectivity index (χ1v) is 10.2. The first kappa shape index (κ1) is 22.6. The molecule has 1 heterocycles. The molecule has 26 heavy (non-hydrogen) atoms. The van der Waals surface area contributed by atoms with Crippen LogP contribution in [-0.2, 0) is 14.3 Å². The van der Waals surface area contributed by atoms with E-state index >= 15 is 0 Å². The Morgan fingerprint density at radius 3 is 2.92 bits per heavy atom. The SMILES string of the molecule is C#CCOCCOCCNC(=O)CCCC[C@H](C)SC[C@@H]1CNC(=O)N1. The number of thioether (sulfide) groups is 1. The molecule has 148 valence electrons. The quantitative estimate of drug-likeness (QED) is 0.291. The number of ether oxygens (including phenoxy) is 2. The molecule has 1 fully saturated rings. The van der Waals surface area contributed by atoms with Gasteiger partial charge in [-0.25, -0.2) is 4.79 Å². The number of carbonyl (C=O) groups excluding carboxylic acids is 2. The summed E-state index contributed by atoms with van der Waals surface area (Å²) < 4.78 is 10.4. The molecule has 0 aromatic heterocycles. The van der Waals surface area contributed by atoms with Gasteiger partial charge >= 0.3 is 6.03 Å². The lowest BCUT2D eigenvalue weighted by Gasteiger charge is -2.14. The molecule has 1 aliphatic heterocycles. The van der Waals surface area contributed by atoms with Crippen molar-refractivity contribution in [2.45, 2.75) is 43.9 Å². The van der Waals surface area contributed by atoms with Crippen molar-refractivity contribution in [1.29, 1.82) is 0 Å². The highest BCUT2D eigenvalue weighted by Crippen LogP contribution is 2.18. The van der Waals surface area contributed by atoms with Gasteiger partial charge in [0.25, 0.3) is 0 Å². The molecular weight excluding hydrogens is 354 g/mol. The second-order valence-corrected chi connectivity index (χ2v) is 7.63.